The summed E-state index contributed by atoms with van der Waals surface area (Å²) < 4.78 is 0. The molecule has 0 amide bonds. The van der Waals surface area contributed by atoms with Gasteiger partial charge in [-0.1, -0.05) is 5.92 Å². The van der Waals surface area contributed by atoms with Crippen LogP contribution in [0.15, 0.2) is 35.2 Å². The lowest BCUT2D eigenvalue weighted by Crippen LogP contribution is -1.83. The van der Waals surface area contributed by atoms with Gasteiger partial charge in [-0.2, -0.15) is 16.6 Å². The van der Waals surface area contributed by atoms with E-state index in [4.69, 9.17) is 5.26 Å². The maximum absolute atomic E-state index is 8.69. The Kier molecular flexibility index (Phi) is 2.78. The van der Waals surface area contributed by atoms with E-state index in [0.29, 0.717) is 11.3 Å². The van der Waals surface area contributed by atoms with Gasteiger partial charge in [0.15, 0.2) is 0 Å². The molecule has 0 N–H and O–H groups in total. The third kappa shape index (κ3) is 2.43. The van der Waals surface area contributed by atoms with E-state index in [1.165, 1.54) is 0 Å². The average Bonchev–Trinajstić information content (AvgIpc) is 2.79. The van der Waals surface area contributed by atoms with Crippen molar-refractivity contribution < 1.29 is 0 Å². The van der Waals surface area contributed by atoms with Crippen molar-refractivity contribution in [1.29, 1.82) is 5.26 Å². The van der Waals surface area contributed by atoms with E-state index in [0.717, 1.165) is 5.56 Å². The minimum absolute atomic E-state index is 0.583. The zero-order chi connectivity index (χ0) is 10.5. The Hall–Kier alpha value is -2.10. The van der Waals surface area contributed by atoms with Crippen molar-refractivity contribution in [3.05, 3.63) is 52.0 Å². The molecule has 0 aliphatic carbocycles. The zero-order valence-corrected chi connectivity index (χ0v) is 8.58. The molecule has 0 radical (unpaired) electrons. The lowest BCUT2D eigenvalue weighted by molar-refractivity contribution is 1.27. The van der Waals surface area contributed by atoms with Crippen LogP contribution in [0, 0.1) is 23.2 Å². The third-order valence-corrected chi connectivity index (χ3v) is 2.43. The van der Waals surface area contributed by atoms with Crippen LogP contribution < -0.4 is 0 Å². The maximum atomic E-state index is 8.69. The highest BCUT2D eigenvalue weighted by molar-refractivity contribution is 7.08. The topological polar surface area (TPSA) is 36.7 Å². The summed E-state index contributed by atoms with van der Waals surface area (Å²) in [6.45, 7) is 0. The predicted octanol–water partition coefficient (Wildman–Crippen LogP) is 2.41. The normalized spacial score (nSPS) is 8.73. The molecular weight excluding hydrogens is 204 g/mol. The van der Waals surface area contributed by atoms with Crippen LogP contribution in [0.25, 0.3) is 0 Å². The number of nitrogens with zero attached hydrogens (tertiary/aromatic N) is 2. The quantitative estimate of drug-likeness (QED) is 0.626. The number of rotatable bonds is 0. The fraction of sp³-hybridized carbons (Fsp3) is 0. The van der Waals surface area contributed by atoms with Crippen LogP contribution in [0.3, 0.4) is 0 Å². The molecule has 0 saturated carbocycles. The van der Waals surface area contributed by atoms with Crippen LogP contribution in [0.5, 0.6) is 0 Å². The maximum Gasteiger partial charge on any atom is 0.114 e. The Bertz CT molecular complexity index is 553. The highest BCUT2D eigenvalue weighted by atomic mass is 32.1. The van der Waals surface area contributed by atoms with Crippen molar-refractivity contribution in [3.8, 4) is 17.9 Å². The summed E-state index contributed by atoms with van der Waals surface area (Å²) in [4.78, 5) is 4.07. The number of aromatic nitrogens is 1. The van der Waals surface area contributed by atoms with E-state index in [1.807, 2.05) is 16.8 Å². The largest absolute Gasteiger partial charge is 0.248 e. The average molecular weight is 210 g/mol. The first kappa shape index (κ1) is 9.45. The Morgan fingerprint density at radius 1 is 1.20 bits per heavy atom. The van der Waals surface area contributed by atoms with Gasteiger partial charge in [-0.3, -0.25) is 0 Å². The fourth-order valence-electron chi connectivity index (χ4n) is 1.04. The van der Waals surface area contributed by atoms with Gasteiger partial charge < -0.3 is 0 Å². The summed E-state index contributed by atoms with van der Waals surface area (Å²) in [7, 11) is 0. The van der Waals surface area contributed by atoms with Gasteiger partial charge in [-0.15, -0.1) is 0 Å². The van der Waals surface area contributed by atoms with Crippen LogP contribution in [0.4, 0.5) is 0 Å². The number of thiophene rings is 1. The lowest BCUT2D eigenvalue weighted by atomic mass is 10.2. The second kappa shape index (κ2) is 4.41. The van der Waals surface area contributed by atoms with Gasteiger partial charge in [-0.25, -0.2) is 4.98 Å². The molecule has 0 bridgehead atoms. The van der Waals surface area contributed by atoms with E-state index in [9.17, 15) is 0 Å². The molecule has 0 saturated heterocycles. The fourth-order valence-corrected chi connectivity index (χ4v) is 1.63. The summed E-state index contributed by atoms with van der Waals surface area (Å²) in [5.41, 5.74) is 2.18. The summed E-state index contributed by atoms with van der Waals surface area (Å²) >= 11 is 1.61. The third-order valence-electron chi connectivity index (χ3n) is 1.75. The van der Waals surface area contributed by atoms with Gasteiger partial charge in [-0.05, 0) is 29.5 Å². The SMILES string of the molecule is N#Cc1ccnc(C#Cc2ccsc2)c1. The van der Waals surface area contributed by atoms with Crippen molar-refractivity contribution in [2.45, 2.75) is 0 Å². The predicted molar refractivity (Wildman–Crippen MR) is 59.3 cm³/mol. The Balaban J connectivity index is 2.28. The van der Waals surface area contributed by atoms with Crippen LogP contribution in [0.1, 0.15) is 16.8 Å². The van der Waals surface area contributed by atoms with Gasteiger partial charge in [0.1, 0.15) is 5.69 Å². The number of pyridine rings is 1. The van der Waals surface area contributed by atoms with Gasteiger partial charge in [0.05, 0.1) is 11.6 Å². The van der Waals surface area contributed by atoms with E-state index in [-0.39, 0.29) is 0 Å². The van der Waals surface area contributed by atoms with Crippen molar-refractivity contribution in [1.82, 2.24) is 4.98 Å². The molecule has 15 heavy (non-hydrogen) atoms. The molecule has 2 nitrogen and oxygen atoms in total. The summed E-state index contributed by atoms with van der Waals surface area (Å²) in [6.07, 6.45) is 1.59. The van der Waals surface area contributed by atoms with Crippen molar-refractivity contribution in [2.75, 3.05) is 0 Å². The highest BCUT2D eigenvalue weighted by Gasteiger charge is 1.92. The molecule has 0 atom stereocenters. The number of hydrogen-bond donors (Lipinski definition) is 0. The van der Waals surface area contributed by atoms with Crippen molar-refractivity contribution in [3.63, 3.8) is 0 Å². The summed E-state index contributed by atoms with van der Waals surface area (Å²) in [5.74, 6) is 5.90. The van der Waals surface area contributed by atoms with Gasteiger partial charge >= 0.3 is 0 Å². The van der Waals surface area contributed by atoms with E-state index < -0.39 is 0 Å². The first-order valence-corrected chi connectivity index (χ1v) is 5.23. The first-order valence-electron chi connectivity index (χ1n) is 4.29. The molecule has 70 valence electrons. The molecular formula is C12H6N2S. The Morgan fingerprint density at radius 2 is 2.13 bits per heavy atom. The van der Waals surface area contributed by atoms with Gasteiger partial charge in [0, 0.05) is 17.1 Å². The molecule has 2 rings (SSSR count). The van der Waals surface area contributed by atoms with Crippen molar-refractivity contribution >= 4 is 11.3 Å². The number of nitriles is 1. The van der Waals surface area contributed by atoms with Gasteiger partial charge in [0.2, 0.25) is 0 Å². The molecule has 0 spiro atoms. The molecule has 0 aliphatic heterocycles. The monoisotopic (exact) mass is 210 g/mol. The van der Waals surface area contributed by atoms with Gasteiger partial charge in [0.25, 0.3) is 0 Å². The molecule has 2 heterocycles. The Morgan fingerprint density at radius 3 is 2.87 bits per heavy atom. The van der Waals surface area contributed by atoms with E-state index >= 15 is 0 Å². The second-order valence-corrected chi connectivity index (χ2v) is 3.58. The smallest absolute Gasteiger partial charge is 0.114 e. The molecule has 0 unspecified atom stereocenters. The highest BCUT2D eigenvalue weighted by Crippen LogP contribution is 2.04. The first-order chi connectivity index (χ1) is 7.38. The second-order valence-electron chi connectivity index (χ2n) is 2.80. The van der Waals surface area contributed by atoms with Crippen LogP contribution in [0.2, 0.25) is 0 Å². The van der Waals surface area contributed by atoms with Crippen LogP contribution >= 0.6 is 11.3 Å². The summed E-state index contributed by atoms with van der Waals surface area (Å²) in [5, 5.41) is 12.6. The minimum Gasteiger partial charge on any atom is -0.248 e. The molecule has 0 aliphatic rings. The molecule has 2 aromatic heterocycles. The lowest BCUT2D eigenvalue weighted by Gasteiger charge is -1.88. The summed E-state index contributed by atoms with van der Waals surface area (Å²) in [6, 6.07) is 7.35. The minimum atomic E-state index is 0.583. The van der Waals surface area contributed by atoms with Crippen LogP contribution in [-0.2, 0) is 0 Å². The Labute approximate surface area is 91.8 Å². The zero-order valence-electron chi connectivity index (χ0n) is 7.77. The van der Waals surface area contributed by atoms with Crippen molar-refractivity contribution in [2.24, 2.45) is 0 Å². The standard InChI is InChI=1S/C12H6N2S/c13-8-11-3-5-14-12(7-11)2-1-10-4-6-15-9-10/h3-7,9H. The van der Waals surface area contributed by atoms with E-state index in [1.54, 1.807) is 29.7 Å². The molecule has 3 heteroatoms. The molecule has 2 aromatic rings. The molecule has 0 aromatic carbocycles. The number of hydrogen-bond acceptors (Lipinski definition) is 3. The molecule has 0 fully saturated rings. The van der Waals surface area contributed by atoms with Crippen LogP contribution in [-0.4, -0.2) is 4.98 Å². The van der Waals surface area contributed by atoms with E-state index in [2.05, 4.69) is 22.9 Å².